The van der Waals surface area contributed by atoms with Crippen molar-refractivity contribution in [3.8, 4) is 5.75 Å². The molecule has 0 bridgehead atoms. The third kappa shape index (κ3) is 3.89. The first-order valence-electron chi connectivity index (χ1n) is 4.57. The first-order valence-corrected chi connectivity index (χ1v) is 5.32. The summed E-state index contributed by atoms with van der Waals surface area (Å²) in [5.74, 6) is -0.510. The Kier molecular flexibility index (Phi) is 4.86. The third-order valence-corrected chi connectivity index (χ3v) is 2.64. The van der Waals surface area contributed by atoms with Crippen LogP contribution in [0.1, 0.15) is 6.42 Å². The minimum Gasteiger partial charge on any atom is -0.493 e. The van der Waals surface area contributed by atoms with E-state index in [9.17, 15) is 4.79 Å². The highest BCUT2D eigenvalue weighted by atomic mass is 35.5. The van der Waals surface area contributed by atoms with Crippen LogP contribution < -0.4 is 10.5 Å². The molecule has 16 heavy (non-hydrogen) atoms. The van der Waals surface area contributed by atoms with Crippen LogP contribution >= 0.6 is 23.2 Å². The molecule has 0 spiro atoms. The molecule has 0 aliphatic rings. The number of aliphatic carboxylic acids is 1. The molecule has 88 valence electrons. The molecular formula is C10H11Cl2NO3. The second kappa shape index (κ2) is 5.94. The zero-order valence-electron chi connectivity index (χ0n) is 8.32. The second-order valence-electron chi connectivity index (χ2n) is 3.16. The van der Waals surface area contributed by atoms with Crippen molar-refractivity contribution in [1.29, 1.82) is 0 Å². The van der Waals surface area contributed by atoms with Gasteiger partial charge in [0.2, 0.25) is 0 Å². The summed E-state index contributed by atoms with van der Waals surface area (Å²) in [6.45, 7) is 0.214. The molecule has 0 saturated carbocycles. The van der Waals surface area contributed by atoms with Crippen molar-refractivity contribution >= 4 is 29.2 Å². The summed E-state index contributed by atoms with van der Waals surface area (Å²) in [6, 6.07) is 3.91. The van der Waals surface area contributed by atoms with Crippen molar-refractivity contribution in [3.63, 3.8) is 0 Å². The Morgan fingerprint density at radius 1 is 1.44 bits per heavy atom. The third-order valence-electron chi connectivity index (χ3n) is 1.91. The maximum atomic E-state index is 10.4. The topological polar surface area (TPSA) is 72.5 Å². The summed E-state index contributed by atoms with van der Waals surface area (Å²) in [5.41, 5.74) is 5.31. The van der Waals surface area contributed by atoms with Gasteiger partial charge in [0, 0.05) is 12.5 Å². The number of hydrogen-bond acceptors (Lipinski definition) is 3. The summed E-state index contributed by atoms with van der Waals surface area (Å²) in [5, 5.41) is 9.37. The fraction of sp³-hybridized carbons (Fsp3) is 0.300. The van der Waals surface area contributed by atoms with E-state index < -0.39 is 12.0 Å². The number of carboxylic acid groups (broad SMARTS) is 1. The van der Waals surface area contributed by atoms with Gasteiger partial charge in [0.25, 0.3) is 0 Å². The number of nitrogens with two attached hydrogens (primary N) is 1. The minimum absolute atomic E-state index is 0.214. The van der Waals surface area contributed by atoms with Gasteiger partial charge in [0.15, 0.2) is 0 Å². The monoisotopic (exact) mass is 263 g/mol. The van der Waals surface area contributed by atoms with Crippen LogP contribution in [0.25, 0.3) is 0 Å². The molecule has 4 nitrogen and oxygen atoms in total. The molecule has 0 fully saturated rings. The van der Waals surface area contributed by atoms with E-state index in [-0.39, 0.29) is 13.0 Å². The molecule has 0 aliphatic heterocycles. The predicted molar refractivity (Wildman–Crippen MR) is 62.2 cm³/mol. The van der Waals surface area contributed by atoms with Gasteiger partial charge in [0.05, 0.1) is 16.7 Å². The van der Waals surface area contributed by atoms with Crippen molar-refractivity contribution < 1.29 is 14.6 Å². The van der Waals surface area contributed by atoms with Crippen molar-refractivity contribution in [3.05, 3.63) is 28.2 Å². The van der Waals surface area contributed by atoms with E-state index in [0.717, 1.165) is 0 Å². The summed E-state index contributed by atoms with van der Waals surface area (Å²) in [4.78, 5) is 10.4. The van der Waals surface area contributed by atoms with E-state index >= 15 is 0 Å². The van der Waals surface area contributed by atoms with E-state index in [0.29, 0.717) is 15.8 Å². The van der Waals surface area contributed by atoms with Crippen LogP contribution in [0.15, 0.2) is 18.2 Å². The number of carbonyl (C=O) groups is 1. The average Bonchev–Trinajstić information content (AvgIpc) is 2.23. The molecule has 0 heterocycles. The van der Waals surface area contributed by atoms with Crippen LogP contribution in [-0.2, 0) is 4.79 Å². The zero-order valence-corrected chi connectivity index (χ0v) is 9.83. The van der Waals surface area contributed by atoms with Gasteiger partial charge in [-0.25, -0.2) is 0 Å². The lowest BCUT2D eigenvalue weighted by Gasteiger charge is -2.09. The SMILES string of the molecule is NC(CCOc1ccc(Cl)c(Cl)c1)C(=O)O. The fourth-order valence-corrected chi connectivity index (χ4v) is 1.28. The van der Waals surface area contributed by atoms with Crippen LogP contribution in [0, 0.1) is 0 Å². The van der Waals surface area contributed by atoms with Gasteiger partial charge in [-0.1, -0.05) is 23.2 Å². The first kappa shape index (κ1) is 13.1. The lowest BCUT2D eigenvalue weighted by molar-refractivity contribution is -0.138. The molecule has 0 aromatic heterocycles. The van der Waals surface area contributed by atoms with Crippen LogP contribution in [0.4, 0.5) is 0 Å². The lowest BCUT2D eigenvalue weighted by Crippen LogP contribution is -2.31. The first-order chi connectivity index (χ1) is 7.50. The van der Waals surface area contributed by atoms with E-state index in [1.807, 2.05) is 0 Å². The molecule has 0 radical (unpaired) electrons. The van der Waals surface area contributed by atoms with Gasteiger partial charge >= 0.3 is 5.97 Å². The van der Waals surface area contributed by atoms with Crippen LogP contribution in [0.5, 0.6) is 5.75 Å². The molecular weight excluding hydrogens is 253 g/mol. The quantitative estimate of drug-likeness (QED) is 0.854. The Balaban J connectivity index is 2.43. The van der Waals surface area contributed by atoms with Crippen LogP contribution in [0.2, 0.25) is 10.0 Å². The molecule has 1 unspecified atom stereocenters. The fourth-order valence-electron chi connectivity index (χ4n) is 0.994. The van der Waals surface area contributed by atoms with Gasteiger partial charge in [-0.05, 0) is 12.1 Å². The highest BCUT2D eigenvalue weighted by molar-refractivity contribution is 6.42. The van der Waals surface area contributed by atoms with E-state index in [1.54, 1.807) is 18.2 Å². The predicted octanol–water partition coefficient (Wildman–Crippen LogP) is 2.17. The van der Waals surface area contributed by atoms with Crippen LogP contribution in [0.3, 0.4) is 0 Å². The van der Waals surface area contributed by atoms with E-state index in [4.69, 9.17) is 38.8 Å². The molecule has 0 amide bonds. The molecule has 6 heteroatoms. The van der Waals surface area contributed by atoms with Gasteiger partial charge in [-0.15, -0.1) is 0 Å². The maximum absolute atomic E-state index is 10.4. The van der Waals surface area contributed by atoms with Crippen LogP contribution in [-0.4, -0.2) is 23.7 Å². The summed E-state index contributed by atoms with van der Waals surface area (Å²) < 4.78 is 5.28. The summed E-state index contributed by atoms with van der Waals surface area (Å²) in [6.07, 6.45) is 0.232. The van der Waals surface area contributed by atoms with Gasteiger partial charge in [-0.3, -0.25) is 4.79 Å². The summed E-state index contributed by atoms with van der Waals surface area (Å²) >= 11 is 11.5. The standard InChI is InChI=1S/C10H11Cl2NO3/c11-7-2-1-6(5-8(7)12)16-4-3-9(13)10(14)15/h1-2,5,9H,3-4,13H2,(H,14,15). The Morgan fingerprint density at radius 3 is 2.69 bits per heavy atom. The highest BCUT2D eigenvalue weighted by Crippen LogP contribution is 2.26. The largest absolute Gasteiger partial charge is 0.493 e. The maximum Gasteiger partial charge on any atom is 0.320 e. The van der Waals surface area contributed by atoms with Crippen molar-refractivity contribution in [1.82, 2.24) is 0 Å². The van der Waals surface area contributed by atoms with Gasteiger partial charge in [-0.2, -0.15) is 0 Å². The molecule has 1 aromatic rings. The second-order valence-corrected chi connectivity index (χ2v) is 3.97. The minimum atomic E-state index is -1.04. The molecule has 1 aromatic carbocycles. The van der Waals surface area contributed by atoms with Gasteiger partial charge in [0.1, 0.15) is 11.8 Å². The Morgan fingerprint density at radius 2 is 2.12 bits per heavy atom. The van der Waals surface area contributed by atoms with Crippen molar-refractivity contribution in [2.45, 2.75) is 12.5 Å². The molecule has 1 rings (SSSR count). The lowest BCUT2D eigenvalue weighted by atomic mass is 10.2. The Labute approximate surface area is 103 Å². The molecule has 0 aliphatic carbocycles. The Hall–Kier alpha value is -0.970. The molecule has 1 atom stereocenters. The number of benzene rings is 1. The summed E-state index contributed by atoms with van der Waals surface area (Å²) in [7, 11) is 0. The highest BCUT2D eigenvalue weighted by Gasteiger charge is 2.11. The normalized spacial score (nSPS) is 12.2. The Bertz CT molecular complexity index is 384. The number of halogens is 2. The number of hydrogen-bond donors (Lipinski definition) is 2. The number of ether oxygens (including phenoxy) is 1. The number of carboxylic acids is 1. The average molecular weight is 264 g/mol. The van der Waals surface area contributed by atoms with E-state index in [2.05, 4.69) is 0 Å². The van der Waals surface area contributed by atoms with Gasteiger partial charge < -0.3 is 15.6 Å². The molecule has 0 saturated heterocycles. The van der Waals surface area contributed by atoms with Crippen molar-refractivity contribution in [2.24, 2.45) is 5.73 Å². The van der Waals surface area contributed by atoms with E-state index in [1.165, 1.54) is 0 Å². The zero-order chi connectivity index (χ0) is 12.1. The molecule has 3 N–H and O–H groups in total. The van der Waals surface area contributed by atoms with Crippen molar-refractivity contribution in [2.75, 3.05) is 6.61 Å². The smallest absolute Gasteiger partial charge is 0.320 e. The number of rotatable bonds is 5.